The Bertz CT molecular complexity index is 1710. The van der Waals surface area contributed by atoms with Gasteiger partial charge in [-0.05, 0) is 72.5 Å². The molecule has 0 aliphatic carbocycles. The molecule has 39 heavy (non-hydrogen) atoms. The molecule has 0 radical (unpaired) electrons. The lowest BCUT2D eigenvalue weighted by atomic mass is 10.0. The Labute approximate surface area is 227 Å². The minimum atomic E-state index is -4.89. The van der Waals surface area contributed by atoms with Gasteiger partial charge in [0.05, 0.1) is 16.8 Å². The molecule has 0 heterocycles. The van der Waals surface area contributed by atoms with E-state index in [-0.39, 0.29) is 11.1 Å². The van der Waals surface area contributed by atoms with Crippen molar-refractivity contribution in [3.05, 3.63) is 65.7 Å². The molecule has 0 aliphatic heterocycles. The molecule has 0 aliphatic rings. The first-order valence-electron chi connectivity index (χ1n) is 11.5. The smallest absolute Gasteiger partial charge is 0.296 e. The Hall–Kier alpha value is -4.04. The van der Waals surface area contributed by atoms with Gasteiger partial charge < -0.3 is 28.0 Å². The summed E-state index contributed by atoms with van der Waals surface area (Å²) in [5.74, 6) is -0.666. The minimum absolute atomic E-state index is 0.192. The van der Waals surface area contributed by atoms with Crippen LogP contribution in [0.25, 0.3) is 21.9 Å². The molecule has 0 fully saturated rings. The molecule has 0 amide bonds. The van der Waals surface area contributed by atoms with Gasteiger partial charge in [-0.25, -0.2) is 0 Å². The van der Waals surface area contributed by atoms with Gasteiger partial charge in [-0.15, -0.1) is 0 Å². The average molecular weight is 577 g/mol. The topological polar surface area (TPSA) is 233 Å². The quantitative estimate of drug-likeness (QED) is 0.103. The number of aryl methyl sites for hydroxylation is 2. The Kier molecular flexibility index (Phi) is 9.42. The standard InChI is InChI=1S/C14H16N2.C10H10N2O7S2.C2H6/c1-9-7-11(3-5-13(9)15)12-4-6-14(16)10(2)8-12;11-5-2-1-4-6(20(14,15)16)3-7(21(17,18)19)9(12)8(4)10(5)13;1-2/h3-8H,15-16H2,1-2H3;1-3,13H,11-12H2,(H,14,15,16)(H,17,18,19);1-2H3. The SMILES string of the molecule is CC.Cc1cc(-c2ccc(N)c(C)c2)ccc1N.Nc1ccc2c(S(=O)(=O)O)cc(S(=O)(=O)O)c(N)c2c1O. The Morgan fingerprint density at radius 3 is 1.41 bits per heavy atom. The predicted molar refractivity (Wildman–Crippen MR) is 156 cm³/mol. The van der Waals surface area contributed by atoms with Gasteiger partial charge in [0, 0.05) is 16.8 Å². The number of aromatic hydroxyl groups is 1. The summed E-state index contributed by atoms with van der Waals surface area (Å²) < 4.78 is 63.5. The second kappa shape index (κ2) is 11.8. The lowest BCUT2D eigenvalue weighted by Crippen LogP contribution is -2.08. The number of anilines is 4. The third kappa shape index (κ3) is 6.89. The fourth-order valence-electron chi connectivity index (χ4n) is 3.62. The monoisotopic (exact) mass is 576 g/mol. The lowest BCUT2D eigenvalue weighted by molar-refractivity contribution is 0.481. The van der Waals surface area contributed by atoms with Crippen LogP contribution in [0.4, 0.5) is 22.7 Å². The zero-order valence-electron chi connectivity index (χ0n) is 21.8. The molecule has 4 aromatic rings. The van der Waals surface area contributed by atoms with Crippen LogP contribution in [0.15, 0.2) is 64.4 Å². The van der Waals surface area contributed by atoms with Crippen molar-refractivity contribution in [1.82, 2.24) is 0 Å². The molecule has 4 rings (SSSR count). The molecule has 11 nitrogen and oxygen atoms in total. The van der Waals surface area contributed by atoms with E-state index >= 15 is 0 Å². The Morgan fingerprint density at radius 2 is 1.03 bits per heavy atom. The maximum absolute atomic E-state index is 11.4. The molecule has 210 valence electrons. The molecule has 0 saturated carbocycles. The van der Waals surface area contributed by atoms with Crippen LogP contribution < -0.4 is 22.9 Å². The summed E-state index contributed by atoms with van der Waals surface area (Å²) in [7, 11) is -9.73. The summed E-state index contributed by atoms with van der Waals surface area (Å²) in [5.41, 5.74) is 28.0. The summed E-state index contributed by atoms with van der Waals surface area (Å²) in [6.07, 6.45) is 0. The van der Waals surface area contributed by atoms with Gasteiger partial charge in [0.25, 0.3) is 20.2 Å². The van der Waals surface area contributed by atoms with Gasteiger partial charge in [-0.2, -0.15) is 16.8 Å². The highest BCUT2D eigenvalue weighted by molar-refractivity contribution is 7.87. The summed E-state index contributed by atoms with van der Waals surface area (Å²) >= 11 is 0. The Balaban J connectivity index is 0.000000265. The van der Waals surface area contributed by atoms with Gasteiger partial charge >= 0.3 is 0 Å². The fourth-order valence-corrected chi connectivity index (χ4v) is 5.06. The number of hydrogen-bond acceptors (Lipinski definition) is 9. The van der Waals surface area contributed by atoms with Crippen molar-refractivity contribution >= 4 is 53.8 Å². The van der Waals surface area contributed by atoms with Crippen molar-refractivity contribution < 1.29 is 31.0 Å². The van der Waals surface area contributed by atoms with Crippen LogP contribution >= 0.6 is 0 Å². The van der Waals surface area contributed by atoms with Crippen LogP contribution in [-0.2, 0) is 20.2 Å². The molecule has 0 saturated heterocycles. The van der Waals surface area contributed by atoms with E-state index in [1.807, 2.05) is 52.0 Å². The number of nitrogen functional groups attached to an aromatic ring is 4. The van der Waals surface area contributed by atoms with Crippen LogP contribution in [0.2, 0.25) is 0 Å². The molecule has 4 aromatic carbocycles. The third-order valence-corrected chi connectivity index (χ3v) is 7.49. The van der Waals surface area contributed by atoms with Crippen molar-refractivity contribution in [3.8, 4) is 16.9 Å². The number of fused-ring (bicyclic) bond motifs is 1. The molecule has 0 bridgehead atoms. The number of benzene rings is 4. The number of phenolic OH excluding ortho intramolecular Hbond substituents is 1. The summed E-state index contributed by atoms with van der Waals surface area (Å²) in [6, 6.07) is 14.9. The van der Waals surface area contributed by atoms with Gasteiger partial charge in [0.2, 0.25) is 0 Å². The molecule has 0 atom stereocenters. The zero-order valence-corrected chi connectivity index (χ0v) is 23.4. The number of hydrogen-bond donors (Lipinski definition) is 7. The summed E-state index contributed by atoms with van der Waals surface area (Å²) in [5, 5.41) is 9.22. The number of phenols is 1. The molecular formula is C26H32N4O7S2. The van der Waals surface area contributed by atoms with Crippen LogP contribution in [0, 0.1) is 13.8 Å². The molecule has 0 unspecified atom stereocenters. The largest absolute Gasteiger partial charge is 0.505 e. The molecular weight excluding hydrogens is 544 g/mol. The van der Waals surface area contributed by atoms with Gasteiger partial charge in [0.1, 0.15) is 15.5 Å². The predicted octanol–water partition coefficient (Wildman–Crippen LogP) is 4.36. The Morgan fingerprint density at radius 1 is 0.615 bits per heavy atom. The molecule has 0 aromatic heterocycles. The molecule has 13 heteroatoms. The highest BCUT2D eigenvalue weighted by atomic mass is 32.2. The molecule has 11 N–H and O–H groups in total. The second-order valence-corrected chi connectivity index (χ2v) is 11.1. The number of rotatable bonds is 3. The average Bonchev–Trinajstić information content (AvgIpc) is 2.85. The molecule has 0 spiro atoms. The second-order valence-electron chi connectivity index (χ2n) is 8.31. The van der Waals surface area contributed by atoms with Crippen molar-refractivity contribution in [2.75, 3.05) is 22.9 Å². The van der Waals surface area contributed by atoms with Crippen LogP contribution in [0.3, 0.4) is 0 Å². The van der Waals surface area contributed by atoms with E-state index in [0.29, 0.717) is 6.07 Å². The van der Waals surface area contributed by atoms with E-state index in [0.717, 1.165) is 34.6 Å². The summed E-state index contributed by atoms with van der Waals surface area (Å²) in [6.45, 7) is 8.03. The number of nitrogens with two attached hydrogens (primary N) is 4. The maximum atomic E-state index is 11.4. The summed E-state index contributed by atoms with van der Waals surface area (Å²) in [4.78, 5) is -1.81. The van der Waals surface area contributed by atoms with Crippen LogP contribution in [0.5, 0.6) is 5.75 Å². The van der Waals surface area contributed by atoms with Crippen molar-refractivity contribution in [2.24, 2.45) is 0 Å². The first-order chi connectivity index (χ1) is 18.0. The van der Waals surface area contributed by atoms with E-state index in [1.54, 1.807) is 0 Å². The first-order valence-corrected chi connectivity index (χ1v) is 14.4. The van der Waals surface area contributed by atoms with E-state index in [9.17, 15) is 26.5 Å². The highest BCUT2D eigenvalue weighted by Gasteiger charge is 2.26. The van der Waals surface area contributed by atoms with E-state index in [4.69, 9.17) is 27.5 Å². The van der Waals surface area contributed by atoms with Gasteiger partial charge in [0.15, 0.2) is 0 Å². The minimum Gasteiger partial charge on any atom is -0.505 e. The van der Waals surface area contributed by atoms with Crippen molar-refractivity contribution in [1.29, 1.82) is 0 Å². The normalized spacial score (nSPS) is 11.2. The van der Waals surface area contributed by atoms with E-state index in [2.05, 4.69) is 12.1 Å². The van der Waals surface area contributed by atoms with Crippen LogP contribution in [0.1, 0.15) is 25.0 Å². The lowest BCUT2D eigenvalue weighted by Gasteiger charge is -2.13. The van der Waals surface area contributed by atoms with Gasteiger partial charge in [-0.3, -0.25) is 9.11 Å². The fraction of sp³-hybridized carbons (Fsp3) is 0.154. The van der Waals surface area contributed by atoms with Gasteiger partial charge in [-0.1, -0.05) is 32.0 Å². The van der Waals surface area contributed by atoms with Crippen molar-refractivity contribution in [2.45, 2.75) is 37.5 Å². The van der Waals surface area contributed by atoms with E-state index in [1.165, 1.54) is 11.1 Å². The zero-order chi connectivity index (χ0) is 29.9. The highest BCUT2D eigenvalue weighted by Crippen LogP contribution is 2.41. The van der Waals surface area contributed by atoms with Crippen molar-refractivity contribution in [3.63, 3.8) is 0 Å². The third-order valence-electron chi connectivity index (χ3n) is 5.70. The van der Waals surface area contributed by atoms with E-state index < -0.39 is 46.9 Å². The van der Waals surface area contributed by atoms with Crippen LogP contribution in [-0.4, -0.2) is 31.0 Å². The first kappa shape index (κ1) is 31.2. The maximum Gasteiger partial charge on any atom is 0.296 e.